The van der Waals surface area contributed by atoms with Crippen molar-refractivity contribution in [3.05, 3.63) is 54.3 Å². The number of carbonyl (C=O) groups excluding carboxylic acids is 1. The number of furan rings is 1. The smallest absolute Gasteiger partial charge is 0.233 e. The van der Waals surface area contributed by atoms with Gasteiger partial charge in [0.05, 0.1) is 38.2 Å². The maximum absolute atomic E-state index is 12.7. The number of benzene rings is 1. The predicted molar refractivity (Wildman–Crippen MR) is 112 cm³/mol. The summed E-state index contributed by atoms with van der Waals surface area (Å²) in [4.78, 5) is 16.2. The van der Waals surface area contributed by atoms with Crippen molar-refractivity contribution in [1.29, 1.82) is 0 Å². The molecular formula is C21H26N5O2S+. The Morgan fingerprint density at radius 1 is 1.14 bits per heavy atom. The maximum atomic E-state index is 12.7. The van der Waals surface area contributed by atoms with E-state index in [-0.39, 0.29) is 5.91 Å². The molecule has 1 saturated heterocycles. The van der Waals surface area contributed by atoms with E-state index >= 15 is 0 Å². The van der Waals surface area contributed by atoms with Crippen molar-refractivity contribution in [2.75, 3.05) is 31.9 Å². The molecule has 0 atom stereocenters. The molecule has 0 radical (unpaired) electrons. The monoisotopic (exact) mass is 412 g/mol. The van der Waals surface area contributed by atoms with Gasteiger partial charge in [-0.3, -0.25) is 9.36 Å². The summed E-state index contributed by atoms with van der Waals surface area (Å²) in [6.45, 7) is 7.36. The fourth-order valence-corrected chi connectivity index (χ4v) is 4.52. The largest absolute Gasteiger partial charge is 0.461 e. The van der Waals surface area contributed by atoms with Gasteiger partial charge in [0.15, 0.2) is 16.7 Å². The number of carbonyl (C=O) groups is 1. The van der Waals surface area contributed by atoms with Crippen molar-refractivity contribution in [1.82, 2.24) is 19.7 Å². The van der Waals surface area contributed by atoms with Crippen LogP contribution in [0.1, 0.15) is 12.5 Å². The first-order valence-corrected chi connectivity index (χ1v) is 11.0. The Morgan fingerprint density at radius 2 is 1.93 bits per heavy atom. The van der Waals surface area contributed by atoms with Crippen molar-refractivity contribution in [3.8, 4) is 11.6 Å². The van der Waals surface area contributed by atoms with Gasteiger partial charge in [-0.15, -0.1) is 10.2 Å². The summed E-state index contributed by atoms with van der Waals surface area (Å²) in [5.41, 5.74) is 1.35. The number of nitrogens with one attached hydrogen (secondary N) is 1. The number of aromatic nitrogens is 3. The van der Waals surface area contributed by atoms with E-state index in [0.29, 0.717) is 17.3 Å². The van der Waals surface area contributed by atoms with Crippen LogP contribution in [0.5, 0.6) is 0 Å². The number of piperazine rings is 1. The zero-order valence-electron chi connectivity index (χ0n) is 16.6. The quantitative estimate of drug-likeness (QED) is 0.597. The van der Waals surface area contributed by atoms with Gasteiger partial charge in [-0.2, -0.15) is 0 Å². The third-order valence-electron chi connectivity index (χ3n) is 5.22. The molecule has 1 fully saturated rings. The van der Waals surface area contributed by atoms with Crippen LogP contribution in [0.4, 0.5) is 0 Å². The molecule has 0 unspecified atom stereocenters. The second-order valence-electron chi connectivity index (χ2n) is 7.11. The van der Waals surface area contributed by atoms with E-state index in [1.54, 1.807) is 6.26 Å². The molecular weight excluding hydrogens is 386 g/mol. The number of rotatable bonds is 7. The van der Waals surface area contributed by atoms with Crippen molar-refractivity contribution < 1.29 is 14.1 Å². The minimum absolute atomic E-state index is 0.166. The third-order valence-corrected chi connectivity index (χ3v) is 6.17. The van der Waals surface area contributed by atoms with Crippen LogP contribution in [0, 0.1) is 0 Å². The van der Waals surface area contributed by atoms with E-state index in [0.717, 1.165) is 44.4 Å². The second-order valence-corrected chi connectivity index (χ2v) is 8.05. The fourth-order valence-electron chi connectivity index (χ4n) is 3.62. The van der Waals surface area contributed by atoms with Crippen LogP contribution in [0.25, 0.3) is 11.6 Å². The topological polar surface area (TPSA) is 68.6 Å². The Bertz CT molecular complexity index is 918. The molecule has 4 rings (SSSR count). The fraction of sp³-hybridized carbons (Fsp3) is 0.381. The lowest BCUT2D eigenvalue weighted by molar-refractivity contribution is -0.917. The van der Waals surface area contributed by atoms with E-state index in [4.69, 9.17) is 4.42 Å². The van der Waals surface area contributed by atoms with Crippen LogP contribution < -0.4 is 4.90 Å². The van der Waals surface area contributed by atoms with Crippen LogP contribution in [0.2, 0.25) is 0 Å². The predicted octanol–water partition coefficient (Wildman–Crippen LogP) is 1.58. The molecule has 1 amide bonds. The number of nitrogens with zero attached hydrogens (tertiary/aromatic N) is 4. The first kappa shape index (κ1) is 19.7. The Morgan fingerprint density at radius 3 is 2.62 bits per heavy atom. The number of thioether (sulfide) groups is 1. The summed E-state index contributed by atoms with van der Waals surface area (Å²) in [6.07, 6.45) is 1.62. The van der Waals surface area contributed by atoms with Crippen molar-refractivity contribution in [3.63, 3.8) is 0 Å². The van der Waals surface area contributed by atoms with E-state index in [9.17, 15) is 4.79 Å². The van der Waals surface area contributed by atoms with Crippen LogP contribution >= 0.6 is 11.8 Å². The molecule has 0 aliphatic carbocycles. The highest BCUT2D eigenvalue weighted by Crippen LogP contribution is 2.24. The molecule has 0 spiro atoms. The highest BCUT2D eigenvalue weighted by molar-refractivity contribution is 7.99. The standard InChI is InChI=1S/C21H25N5O2S/c1-2-26-20(18-9-6-14-28-18)22-23-21(26)29-16-19(27)25-12-10-24(11-13-25)15-17-7-4-3-5-8-17/h3-9,14H,2,10-13,15-16H2,1H3/p+1. The molecule has 1 N–H and O–H groups in total. The molecule has 1 aliphatic rings. The number of quaternary nitrogens is 1. The minimum atomic E-state index is 0.166. The third kappa shape index (κ3) is 4.71. The average Bonchev–Trinajstić information content (AvgIpc) is 3.42. The number of hydrogen-bond donors (Lipinski definition) is 1. The van der Waals surface area contributed by atoms with Crippen LogP contribution in [-0.2, 0) is 17.9 Å². The summed E-state index contributed by atoms with van der Waals surface area (Å²) < 4.78 is 7.42. The van der Waals surface area contributed by atoms with Gasteiger partial charge < -0.3 is 14.2 Å². The van der Waals surface area contributed by atoms with Crippen LogP contribution in [0.15, 0.2) is 58.3 Å². The highest BCUT2D eigenvalue weighted by atomic mass is 32.2. The van der Waals surface area contributed by atoms with E-state index in [1.165, 1.54) is 22.2 Å². The molecule has 3 heterocycles. The van der Waals surface area contributed by atoms with Crippen molar-refractivity contribution in [2.45, 2.75) is 25.2 Å². The summed E-state index contributed by atoms with van der Waals surface area (Å²) >= 11 is 1.44. The highest BCUT2D eigenvalue weighted by Gasteiger charge is 2.24. The van der Waals surface area contributed by atoms with Gasteiger partial charge in [-0.05, 0) is 19.1 Å². The number of hydrogen-bond acceptors (Lipinski definition) is 5. The normalized spacial score (nSPS) is 15.0. The lowest BCUT2D eigenvalue weighted by atomic mass is 10.2. The molecule has 0 saturated carbocycles. The molecule has 29 heavy (non-hydrogen) atoms. The Labute approximate surface area is 174 Å². The summed E-state index contributed by atoms with van der Waals surface area (Å²) in [6, 6.07) is 14.2. The SMILES string of the molecule is CCn1c(SCC(=O)N2CC[NH+](Cc3ccccc3)CC2)nnc1-c1ccco1. The lowest BCUT2D eigenvalue weighted by Gasteiger charge is -2.32. The summed E-state index contributed by atoms with van der Waals surface area (Å²) in [5, 5.41) is 9.25. The molecule has 0 bridgehead atoms. The van der Waals surface area contributed by atoms with Gasteiger partial charge in [0.25, 0.3) is 0 Å². The van der Waals surface area contributed by atoms with Gasteiger partial charge >= 0.3 is 0 Å². The maximum Gasteiger partial charge on any atom is 0.233 e. The Balaban J connectivity index is 1.29. The molecule has 3 aromatic rings. The minimum Gasteiger partial charge on any atom is -0.461 e. The Hall–Kier alpha value is -2.58. The van der Waals surface area contributed by atoms with E-state index < -0.39 is 0 Å². The Kier molecular flexibility index (Phi) is 6.31. The van der Waals surface area contributed by atoms with Crippen LogP contribution in [-0.4, -0.2) is 57.5 Å². The van der Waals surface area contributed by atoms with Crippen LogP contribution in [0.3, 0.4) is 0 Å². The zero-order valence-corrected chi connectivity index (χ0v) is 17.4. The first-order chi connectivity index (χ1) is 14.2. The second kappa shape index (κ2) is 9.28. The van der Waals surface area contributed by atoms with Crippen molar-refractivity contribution in [2.24, 2.45) is 0 Å². The first-order valence-electron chi connectivity index (χ1n) is 9.99. The number of amides is 1. The molecule has 152 valence electrons. The molecule has 1 aromatic carbocycles. The summed E-state index contributed by atoms with van der Waals surface area (Å²) in [7, 11) is 0. The van der Waals surface area contributed by atoms with Crippen molar-refractivity contribution >= 4 is 17.7 Å². The van der Waals surface area contributed by atoms with E-state index in [2.05, 4.69) is 34.5 Å². The lowest BCUT2D eigenvalue weighted by Crippen LogP contribution is -3.13. The van der Waals surface area contributed by atoms with Gasteiger partial charge in [0, 0.05) is 12.1 Å². The van der Waals surface area contributed by atoms with E-state index in [1.807, 2.05) is 34.6 Å². The molecule has 8 heteroatoms. The average molecular weight is 413 g/mol. The molecule has 2 aromatic heterocycles. The zero-order chi connectivity index (χ0) is 20.1. The molecule has 7 nitrogen and oxygen atoms in total. The van der Waals surface area contributed by atoms with Gasteiger partial charge in [0.1, 0.15) is 6.54 Å². The summed E-state index contributed by atoms with van der Waals surface area (Å²) in [5.74, 6) is 1.93. The molecule has 1 aliphatic heterocycles. The van der Waals surface area contributed by atoms with Gasteiger partial charge in [-0.1, -0.05) is 42.1 Å². The van der Waals surface area contributed by atoms with Gasteiger partial charge in [0.2, 0.25) is 5.91 Å². The van der Waals surface area contributed by atoms with Gasteiger partial charge in [-0.25, -0.2) is 0 Å².